The van der Waals surface area contributed by atoms with Crippen molar-refractivity contribution in [1.29, 1.82) is 0 Å². The molecule has 1 rings (SSSR count). The molecule has 0 amide bonds. The van der Waals surface area contributed by atoms with Gasteiger partial charge in [0.2, 0.25) is 0 Å². The van der Waals surface area contributed by atoms with Gasteiger partial charge in [-0.25, -0.2) is 0 Å². The second-order valence-corrected chi connectivity index (χ2v) is 6.27. The Morgan fingerprint density at radius 1 is 0.903 bits per heavy atom. The molecule has 0 aromatic carbocycles. The maximum Gasteiger partial charge on any atom is 0.320 e. The van der Waals surface area contributed by atoms with E-state index in [-0.39, 0.29) is 25.9 Å². The van der Waals surface area contributed by atoms with Crippen LogP contribution in [0, 0.1) is 0 Å². The van der Waals surface area contributed by atoms with Gasteiger partial charge in [0, 0.05) is 52.8 Å². The fourth-order valence-corrected chi connectivity index (χ4v) is 2.80. The molecule has 0 spiro atoms. The summed E-state index contributed by atoms with van der Waals surface area (Å²) in [6, 6.07) is -0.793. The molecule has 0 radical (unpaired) electrons. The molecule has 1 aliphatic heterocycles. The van der Waals surface area contributed by atoms with Gasteiger partial charge in [-0.05, 0) is 20.5 Å². The number of hydrogen-bond donors (Lipinski definition) is 4. The Hall–Kier alpha value is -1.92. The maximum atomic E-state index is 11.5. The first kappa shape index (κ1) is 33.7. The highest BCUT2D eigenvalue weighted by Crippen LogP contribution is 2.10. The van der Waals surface area contributed by atoms with Crippen molar-refractivity contribution in [3.05, 3.63) is 0 Å². The highest BCUT2D eigenvalue weighted by atomic mass is 16.4. The molecule has 1 fully saturated rings. The number of aliphatic hydroxyl groups is 1. The standard InChI is InChI=1S/C15H25N3O6.C2H7N.C2H6.CH4O/c19-10-1-2-13(15(23)24)18-7-5-16(9-11-20)3-4-17(6-8-18)12-14(21)22;1-3-2;2*1-2/h10-11,13H,1-9,12H2,(H,21,22)(H,23,24);3H,1-2H3;1-2H3;2H,1H3. The van der Waals surface area contributed by atoms with Gasteiger partial charge in [-0.2, -0.15) is 0 Å². The summed E-state index contributed by atoms with van der Waals surface area (Å²) in [6.45, 7) is 6.93. The minimum absolute atomic E-state index is 0.130. The Labute approximate surface area is 186 Å². The van der Waals surface area contributed by atoms with Gasteiger partial charge in [0.05, 0.1) is 13.1 Å². The van der Waals surface area contributed by atoms with Crippen LogP contribution < -0.4 is 5.32 Å². The summed E-state index contributed by atoms with van der Waals surface area (Å²) < 4.78 is 0. The number of carboxylic acids is 2. The number of carboxylic acid groups (broad SMARTS) is 2. The summed E-state index contributed by atoms with van der Waals surface area (Å²) in [6.07, 6.45) is 1.85. The molecule has 0 aromatic heterocycles. The van der Waals surface area contributed by atoms with Crippen molar-refractivity contribution < 1.29 is 34.5 Å². The molecule has 0 aliphatic carbocycles. The number of carbonyl (C=O) groups excluding carboxylic acids is 2. The first-order valence-corrected chi connectivity index (χ1v) is 10.4. The minimum Gasteiger partial charge on any atom is -0.480 e. The molecule has 11 nitrogen and oxygen atoms in total. The topological polar surface area (TPSA) is 151 Å². The van der Waals surface area contributed by atoms with Crippen molar-refractivity contribution >= 4 is 24.5 Å². The first-order chi connectivity index (χ1) is 14.9. The van der Waals surface area contributed by atoms with Crippen LogP contribution >= 0.6 is 0 Å². The Balaban J connectivity index is -0.000000999. The van der Waals surface area contributed by atoms with Gasteiger partial charge in [0.25, 0.3) is 0 Å². The zero-order chi connectivity index (χ0) is 24.7. The Morgan fingerprint density at radius 2 is 1.35 bits per heavy atom. The number of aliphatic carboxylic acids is 2. The number of nitrogens with zero attached hydrogens (tertiary/aromatic N) is 3. The number of hydrogen-bond acceptors (Lipinski definition) is 9. The SMILES string of the molecule is CC.CNC.CO.O=CCCC(C(=O)O)N1CCN(CC=O)CCN(CC(=O)O)CC1. The number of aliphatic hydroxyl groups excluding tert-OH is 1. The van der Waals surface area contributed by atoms with E-state index in [4.69, 9.17) is 10.2 Å². The molecule has 11 heteroatoms. The van der Waals surface area contributed by atoms with Crippen LogP contribution in [-0.2, 0) is 19.2 Å². The van der Waals surface area contributed by atoms with Crippen molar-refractivity contribution in [2.45, 2.75) is 32.7 Å². The zero-order valence-corrected chi connectivity index (χ0v) is 19.6. The van der Waals surface area contributed by atoms with Crippen LogP contribution in [0.3, 0.4) is 0 Å². The molecular formula is C20H42N4O7. The van der Waals surface area contributed by atoms with Crippen LogP contribution in [-0.4, -0.2) is 134 Å². The van der Waals surface area contributed by atoms with Gasteiger partial charge in [0.1, 0.15) is 18.6 Å². The van der Waals surface area contributed by atoms with E-state index in [2.05, 4.69) is 5.32 Å². The van der Waals surface area contributed by atoms with Gasteiger partial charge in [-0.3, -0.25) is 24.3 Å². The third-order valence-corrected chi connectivity index (χ3v) is 4.11. The smallest absolute Gasteiger partial charge is 0.320 e. The molecular weight excluding hydrogens is 408 g/mol. The van der Waals surface area contributed by atoms with Gasteiger partial charge in [-0.1, -0.05) is 13.8 Å². The summed E-state index contributed by atoms with van der Waals surface area (Å²) >= 11 is 0. The third kappa shape index (κ3) is 18.6. The molecule has 1 heterocycles. The van der Waals surface area contributed by atoms with Crippen LogP contribution in [0.4, 0.5) is 0 Å². The predicted octanol–water partition coefficient (Wildman–Crippen LogP) is -0.908. The van der Waals surface area contributed by atoms with Crippen molar-refractivity contribution in [2.24, 2.45) is 0 Å². The largest absolute Gasteiger partial charge is 0.480 e. The quantitative estimate of drug-likeness (QED) is 0.323. The van der Waals surface area contributed by atoms with Crippen molar-refractivity contribution in [2.75, 3.05) is 73.6 Å². The van der Waals surface area contributed by atoms with E-state index in [0.717, 1.165) is 13.4 Å². The molecule has 0 bridgehead atoms. The molecule has 1 atom stereocenters. The van der Waals surface area contributed by atoms with Gasteiger partial charge < -0.3 is 30.2 Å². The first-order valence-electron chi connectivity index (χ1n) is 10.4. The molecule has 1 aliphatic rings. The number of rotatable bonds is 9. The molecule has 0 aromatic rings. The Bertz CT molecular complexity index is 467. The monoisotopic (exact) mass is 450 g/mol. The number of aldehydes is 2. The lowest BCUT2D eigenvalue weighted by Gasteiger charge is -2.30. The number of carbonyl (C=O) groups is 4. The highest BCUT2D eigenvalue weighted by Gasteiger charge is 2.27. The summed E-state index contributed by atoms with van der Waals surface area (Å²) in [4.78, 5) is 49.2. The molecule has 31 heavy (non-hydrogen) atoms. The van der Waals surface area contributed by atoms with Crippen LogP contribution in [0.5, 0.6) is 0 Å². The van der Waals surface area contributed by atoms with Gasteiger partial charge >= 0.3 is 11.9 Å². The maximum absolute atomic E-state index is 11.5. The normalized spacial score (nSPS) is 16.2. The number of nitrogens with one attached hydrogen (secondary N) is 1. The van der Waals surface area contributed by atoms with E-state index in [1.165, 1.54) is 0 Å². The van der Waals surface area contributed by atoms with Crippen molar-refractivity contribution in [1.82, 2.24) is 20.0 Å². The molecule has 0 saturated carbocycles. The Kier molecular flexibility index (Phi) is 26.5. The summed E-state index contributed by atoms with van der Waals surface area (Å²) in [5.41, 5.74) is 0. The highest BCUT2D eigenvalue weighted by molar-refractivity contribution is 5.74. The van der Waals surface area contributed by atoms with Crippen LogP contribution in [0.15, 0.2) is 0 Å². The molecule has 4 N–H and O–H groups in total. The van der Waals surface area contributed by atoms with E-state index < -0.39 is 18.0 Å². The summed E-state index contributed by atoms with van der Waals surface area (Å²) in [5.74, 6) is -1.94. The molecule has 1 saturated heterocycles. The van der Waals surface area contributed by atoms with E-state index in [1.807, 2.05) is 32.8 Å². The fraction of sp³-hybridized carbons (Fsp3) is 0.800. The van der Waals surface area contributed by atoms with E-state index in [0.29, 0.717) is 45.6 Å². The average molecular weight is 451 g/mol. The van der Waals surface area contributed by atoms with Crippen LogP contribution in [0.25, 0.3) is 0 Å². The minimum atomic E-state index is -0.997. The van der Waals surface area contributed by atoms with Gasteiger partial charge in [-0.15, -0.1) is 0 Å². The zero-order valence-electron chi connectivity index (χ0n) is 19.6. The van der Waals surface area contributed by atoms with E-state index in [1.54, 1.807) is 9.80 Å². The lowest BCUT2D eigenvalue weighted by Crippen LogP contribution is -2.47. The second kappa shape index (κ2) is 24.4. The van der Waals surface area contributed by atoms with E-state index >= 15 is 0 Å². The van der Waals surface area contributed by atoms with E-state index in [9.17, 15) is 24.3 Å². The summed E-state index contributed by atoms with van der Waals surface area (Å²) in [5, 5.41) is 28.2. The molecule has 184 valence electrons. The predicted molar refractivity (Wildman–Crippen MR) is 119 cm³/mol. The fourth-order valence-electron chi connectivity index (χ4n) is 2.80. The van der Waals surface area contributed by atoms with Crippen molar-refractivity contribution in [3.63, 3.8) is 0 Å². The third-order valence-electron chi connectivity index (χ3n) is 4.11. The average Bonchev–Trinajstić information content (AvgIpc) is 2.84. The lowest BCUT2D eigenvalue weighted by molar-refractivity contribution is -0.144. The molecule has 1 unspecified atom stereocenters. The van der Waals surface area contributed by atoms with Crippen molar-refractivity contribution in [3.8, 4) is 0 Å². The second-order valence-electron chi connectivity index (χ2n) is 6.27. The van der Waals surface area contributed by atoms with Gasteiger partial charge in [0.15, 0.2) is 0 Å². The van der Waals surface area contributed by atoms with Crippen LogP contribution in [0.2, 0.25) is 0 Å². The summed E-state index contributed by atoms with van der Waals surface area (Å²) in [7, 11) is 4.75. The lowest BCUT2D eigenvalue weighted by atomic mass is 10.1. The Morgan fingerprint density at radius 3 is 1.77 bits per heavy atom. The van der Waals surface area contributed by atoms with Crippen LogP contribution in [0.1, 0.15) is 26.7 Å².